The highest BCUT2D eigenvalue weighted by Gasteiger charge is 2.25. The molecule has 26 heavy (non-hydrogen) atoms. The standard InChI is InChI=1S/C20H22N4OS/c1-14-3-4-17(12-21-14)20(25)24-9-7-23(8-10-24)15(2)16-5-6-19-18(11-16)22-13-26-19/h3-6,11-13,15H,7-10H2,1-2H3. The molecule has 1 atom stereocenters. The van der Waals surface area contributed by atoms with Gasteiger partial charge < -0.3 is 4.90 Å². The summed E-state index contributed by atoms with van der Waals surface area (Å²) in [7, 11) is 0. The third-order valence-corrected chi connectivity index (χ3v) is 5.95. The monoisotopic (exact) mass is 366 g/mol. The third kappa shape index (κ3) is 3.34. The maximum absolute atomic E-state index is 12.6. The molecule has 0 radical (unpaired) electrons. The Morgan fingerprint density at radius 1 is 1.12 bits per heavy atom. The van der Waals surface area contributed by atoms with Gasteiger partial charge >= 0.3 is 0 Å². The van der Waals surface area contributed by atoms with E-state index in [2.05, 4.69) is 40.0 Å². The molecule has 0 saturated carbocycles. The van der Waals surface area contributed by atoms with Gasteiger partial charge in [0.15, 0.2) is 0 Å². The number of benzene rings is 1. The summed E-state index contributed by atoms with van der Waals surface area (Å²) >= 11 is 1.67. The predicted octanol–water partition coefficient (Wildman–Crippen LogP) is 3.52. The van der Waals surface area contributed by atoms with Crippen LogP contribution < -0.4 is 0 Å². The van der Waals surface area contributed by atoms with Crippen molar-refractivity contribution in [1.29, 1.82) is 0 Å². The SMILES string of the molecule is Cc1ccc(C(=O)N2CCN(C(C)c3ccc4scnc4c3)CC2)cn1. The molecule has 4 rings (SSSR count). The molecular weight excluding hydrogens is 344 g/mol. The van der Waals surface area contributed by atoms with Crippen LogP contribution in [-0.4, -0.2) is 51.9 Å². The summed E-state index contributed by atoms with van der Waals surface area (Å²) in [6, 6.07) is 10.6. The lowest BCUT2D eigenvalue weighted by atomic mass is 10.1. The molecule has 3 heterocycles. The van der Waals surface area contributed by atoms with Crippen LogP contribution in [-0.2, 0) is 0 Å². The Kier molecular flexibility index (Phi) is 4.70. The van der Waals surface area contributed by atoms with Gasteiger partial charge in [0.05, 0.1) is 21.3 Å². The van der Waals surface area contributed by atoms with E-state index in [-0.39, 0.29) is 5.91 Å². The quantitative estimate of drug-likeness (QED) is 0.712. The maximum atomic E-state index is 12.6. The van der Waals surface area contributed by atoms with Crippen LogP contribution >= 0.6 is 11.3 Å². The molecule has 0 N–H and O–H groups in total. The first-order valence-corrected chi connectivity index (χ1v) is 9.79. The van der Waals surface area contributed by atoms with Crippen molar-refractivity contribution in [3.63, 3.8) is 0 Å². The van der Waals surface area contributed by atoms with Crippen molar-refractivity contribution in [2.24, 2.45) is 0 Å². The van der Waals surface area contributed by atoms with Crippen LogP contribution in [0.3, 0.4) is 0 Å². The van der Waals surface area contributed by atoms with Crippen molar-refractivity contribution in [3.8, 4) is 0 Å². The third-order valence-electron chi connectivity index (χ3n) is 5.14. The molecule has 0 bridgehead atoms. The Labute approximate surface area is 157 Å². The minimum absolute atomic E-state index is 0.0775. The zero-order chi connectivity index (χ0) is 18.1. The van der Waals surface area contributed by atoms with E-state index in [4.69, 9.17) is 0 Å². The summed E-state index contributed by atoms with van der Waals surface area (Å²) in [5.74, 6) is 0.0775. The number of aromatic nitrogens is 2. The van der Waals surface area contributed by atoms with Crippen molar-refractivity contribution in [1.82, 2.24) is 19.8 Å². The van der Waals surface area contributed by atoms with Gasteiger partial charge in [-0.2, -0.15) is 0 Å². The van der Waals surface area contributed by atoms with Gasteiger partial charge in [0.25, 0.3) is 5.91 Å². The molecule has 1 unspecified atom stereocenters. The van der Waals surface area contributed by atoms with Gasteiger partial charge in [0, 0.05) is 44.1 Å². The summed E-state index contributed by atoms with van der Waals surface area (Å²) in [5, 5.41) is 0. The number of hydrogen-bond acceptors (Lipinski definition) is 5. The van der Waals surface area contributed by atoms with Crippen molar-refractivity contribution >= 4 is 27.5 Å². The lowest BCUT2D eigenvalue weighted by molar-refractivity contribution is 0.0582. The minimum atomic E-state index is 0.0775. The van der Waals surface area contributed by atoms with E-state index in [1.54, 1.807) is 17.5 Å². The molecule has 1 amide bonds. The van der Waals surface area contributed by atoms with Gasteiger partial charge in [-0.3, -0.25) is 14.7 Å². The van der Waals surface area contributed by atoms with Gasteiger partial charge in [-0.25, -0.2) is 4.98 Å². The molecule has 0 aliphatic carbocycles. The molecule has 1 saturated heterocycles. The van der Waals surface area contributed by atoms with Crippen LogP contribution in [0.2, 0.25) is 0 Å². The van der Waals surface area contributed by atoms with E-state index in [1.807, 2.05) is 29.5 Å². The summed E-state index contributed by atoms with van der Waals surface area (Å²) in [6.07, 6.45) is 1.68. The van der Waals surface area contributed by atoms with E-state index in [0.717, 1.165) is 37.4 Å². The number of carbonyl (C=O) groups excluding carboxylic acids is 1. The van der Waals surface area contributed by atoms with Crippen molar-refractivity contribution < 1.29 is 4.79 Å². The second-order valence-corrected chi connectivity index (χ2v) is 7.66. The molecule has 1 aliphatic rings. The van der Waals surface area contributed by atoms with E-state index >= 15 is 0 Å². The summed E-state index contributed by atoms with van der Waals surface area (Å²) in [6.45, 7) is 7.40. The first-order valence-electron chi connectivity index (χ1n) is 8.91. The highest BCUT2D eigenvalue weighted by molar-refractivity contribution is 7.16. The topological polar surface area (TPSA) is 49.3 Å². The molecule has 1 fully saturated rings. The molecule has 6 heteroatoms. The maximum Gasteiger partial charge on any atom is 0.255 e. The Morgan fingerprint density at radius 2 is 1.92 bits per heavy atom. The predicted molar refractivity (Wildman–Crippen MR) is 104 cm³/mol. The Balaban J connectivity index is 1.41. The van der Waals surface area contributed by atoms with Crippen LogP contribution in [0.25, 0.3) is 10.2 Å². The molecule has 3 aromatic rings. The molecule has 0 spiro atoms. The fraction of sp³-hybridized carbons (Fsp3) is 0.350. The highest BCUT2D eigenvalue weighted by Crippen LogP contribution is 2.26. The zero-order valence-electron chi connectivity index (χ0n) is 15.1. The number of fused-ring (bicyclic) bond motifs is 1. The molecule has 134 valence electrons. The fourth-order valence-electron chi connectivity index (χ4n) is 3.43. The number of rotatable bonds is 3. The first-order chi connectivity index (χ1) is 12.6. The Bertz CT molecular complexity index is 913. The lowest BCUT2D eigenvalue weighted by Gasteiger charge is -2.38. The van der Waals surface area contributed by atoms with Crippen molar-refractivity contribution in [2.75, 3.05) is 26.2 Å². The minimum Gasteiger partial charge on any atom is -0.336 e. The van der Waals surface area contributed by atoms with Gasteiger partial charge in [0.1, 0.15) is 0 Å². The molecule has 2 aromatic heterocycles. The normalized spacial score (nSPS) is 16.8. The van der Waals surface area contributed by atoms with Gasteiger partial charge in [0.2, 0.25) is 0 Å². The number of aryl methyl sites for hydroxylation is 1. The van der Waals surface area contributed by atoms with Crippen LogP contribution in [0.1, 0.15) is 34.6 Å². The average Bonchev–Trinajstić information content (AvgIpc) is 3.15. The second-order valence-electron chi connectivity index (χ2n) is 6.77. The number of carbonyl (C=O) groups is 1. The number of piperazine rings is 1. The van der Waals surface area contributed by atoms with Crippen LogP contribution in [0.15, 0.2) is 42.0 Å². The number of amides is 1. The Hall–Kier alpha value is -2.31. The molecule has 1 aromatic carbocycles. The van der Waals surface area contributed by atoms with Gasteiger partial charge in [-0.1, -0.05) is 6.07 Å². The van der Waals surface area contributed by atoms with Crippen molar-refractivity contribution in [3.05, 3.63) is 58.9 Å². The van der Waals surface area contributed by atoms with Gasteiger partial charge in [-0.15, -0.1) is 11.3 Å². The number of hydrogen-bond donors (Lipinski definition) is 0. The highest BCUT2D eigenvalue weighted by atomic mass is 32.1. The van der Waals surface area contributed by atoms with Crippen LogP contribution in [0.4, 0.5) is 0 Å². The van der Waals surface area contributed by atoms with Crippen molar-refractivity contribution in [2.45, 2.75) is 19.9 Å². The van der Waals surface area contributed by atoms with Crippen LogP contribution in [0.5, 0.6) is 0 Å². The number of thiazole rings is 1. The zero-order valence-corrected chi connectivity index (χ0v) is 15.9. The average molecular weight is 366 g/mol. The van der Waals surface area contributed by atoms with E-state index in [0.29, 0.717) is 11.6 Å². The lowest BCUT2D eigenvalue weighted by Crippen LogP contribution is -2.49. The summed E-state index contributed by atoms with van der Waals surface area (Å²) < 4.78 is 1.23. The smallest absolute Gasteiger partial charge is 0.255 e. The summed E-state index contributed by atoms with van der Waals surface area (Å²) in [5.41, 5.74) is 5.85. The van der Waals surface area contributed by atoms with E-state index in [9.17, 15) is 4.79 Å². The van der Waals surface area contributed by atoms with Gasteiger partial charge in [-0.05, 0) is 43.7 Å². The summed E-state index contributed by atoms with van der Waals surface area (Å²) in [4.78, 5) is 25.7. The fourth-order valence-corrected chi connectivity index (χ4v) is 4.09. The first kappa shape index (κ1) is 17.1. The molecule has 1 aliphatic heterocycles. The van der Waals surface area contributed by atoms with Crippen LogP contribution in [0, 0.1) is 6.92 Å². The van der Waals surface area contributed by atoms with E-state index < -0.39 is 0 Å². The molecular formula is C20H22N4OS. The Morgan fingerprint density at radius 3 is 2.65 bits per heavy atom. The molecule has 5 nitrogen and oxygen atoms in total. The number of nitrogens with zero attached hydrogens (tertiary/aromatic N) is 4. The number of pyridine rings is 1. The van der Waals surface area contributed by atoms with E-state index in [1.165, 1.54) is 10.3 Å². The largest absolute Gasteiger partial charge is 0.336 e. The second kappa shape index (κ2) is 7.13.